The lowest BCUT2D eigenvalue weighted by Gasteiger charge is -2.33. The summed E-state index contributed by atoms with van der Waals surface area (Å²) in [6.07, 6.45) is 14.6. The maximum atomic E-state index is 3.89. The first-order valence-corrected chi connectivity index (χ1v) is 8.55. The lowest BCUT2D eigenvalue weighted by Crippen LogP contribution is -2.37. The maximum absolute atomic E-state index is 3.89. The molecule has 0 aromatic rings. The maximum Gasteiger partial charge on any atom is 0.00698 e. The van der Waals surface area contributed by atoms with Gasteiger partial charge in [0.15, 0.2) is 0 Å². The molecule has 0 spiro atoms. The summed E-state index contributed by atoms with van der Waals surface area (Å²) in [7, 11) is 0. The van der Waals surface area contributed by atoms with Crippen LogP contribution in [0.3, 0.4) is 0 Å². The molecule has 0 heterocycles. The summed E-state index contributed by atoms with van der Waals surface area (Å²) in [5, 5.41) is 3.89. The molecule has 0 aromatic heterocycles. The minimum atomic E-state index is 0.840. The quantitative estimate of drug-likeness (QED) is 0.743. The Balaban J connectivity index is 1.63. The molecule has 0 aliphatic heterocycles. The molecule has 0 amide bonds. The van der Waals surface area contributed by atoms with Crippen LogP contribution in [0, 0.1) is 17.8 Å². The van der Waals surface area contributed by atoms with Crippen molar-refractivity contribution in [3.05, 3.63) is 0 Å². The van der Waals surface area contributed by atoms with Gasteiger partial charge in [-0.25, -0.2) is 0 Å². The number of rotatable bonds is 5. The van der Waals surface area contributed by atoms with Gasteiger partial charge in [0.25, 0.3) is 0 Å². The lowest BCUT2D eigenvalue weighted by atomic mass is 9.80. The Kier molecular flexibility index (Phi) is 6.01. The van der Waals surface area contributed by atoms with Gasteiger partial charge in [0.2, 0.25) is 0 Å². The van der Waals surface area contributed by atoms with E-state index >= 15 is 0 Å². The Bertz CT molecular complexity index is 218. The summed E-state index contributed by atoms with van der Waals surface area (Å²) in [5.41, 5.74) is 0. The third-order valence-corrected chi connectivity index (χ3v) is 5.60. The van der Waals surface area contributed by atoms with E-state index in [1.165, 1.54) is 70.8 Å². The Labute approximate surface area is 114 Å². The van der Waals surface area contributed by atoms with Gasteiger partial charge in [-0.3, -0.25) is 0 Å². The van der Waals surface area contributed by atoms with Crippen LogP contribution in [0.25, 0.3) is 0 Å². The highest BCUT2D eigenvalue weighted by atomic mass is 14.9. The Morgan fingerprint density at radius 1 is 0.778 bits per heavy atom. The van der Waals surface area contributed by atoms with E-state index in [2.05, 4.69) is 19.2 Å². The monoisotopic (exact) mass is 251 g/mol. The van der Waals surface area contributed by atoms with E-state index in [9.17, 15) is 0 Å². The summed E-state index contributed by atoms with van der Waals surface area (Å²) in [4.78, 5) is 0. The third kappa shape index (κ3) is 4.26. The fraction of sp³-hybridized carbons (Fsp3) is 1.00. The fourth-order valence-corrected chi connectivity index (χ4v) is 4.02. The van der Waals surface area contributed by atoms with Gasteiger partial charge in [-0.1, -0.05) is 52.4 Å². The van der Waals surface area contributed by atoms with E-state index in [0.717, 1.165) is 23.8 Å². The second-order valence-electron chi connectivity index (χ2n) is 6.84. The van der Waals surface area contributed by atoms with Crippen molar-refractivity contribution in [2.45, 2.75) is 84.1 Å². The van der Waals surface area contributed by atoms with Crippen LogP contribution in [0.5, 0.6) is 0 Å². The van der Waals surface area contributed by atoms with Crippen LogP contribution < -0.4 is 5.32 Å². The van der Waals surface area contributed by atoms with Crippen LogP contribution in [-0.4, -0.2) is 12.6 Å². The first kappa shape index (κ1) is 14.4. The average Bonchev–Trinajstić information content (AvgIpc) is 2.46. The Hall–Kier alpha value is -0.0400. The first-order chi connectivity index (χ1) is 8.81. The van der Waals surface area contributed by atoms with E-state index in [1.807, 2.05) is 0 Å². The third-order valence-electron chi connectivity index (χ3n) is 5.60. The minimum absolute atomic E-state index is 0.840. The van der Waals surface area contributed by atoms with Crippen LogP contribution in [0.15, 0.2) is 0 Å². The molecule has 0 bridgehead atoms. The molecule has 2 fully saturated rings. The summed E-state index contributed by atoms with van der Waals surface area (Å²) in [6, 6.07) is 0.840. The summed E-state index contributed by atoms with van der Waals surface area (Å²) in [6.45, 7) is 6.02. The summed E-state index contributed by atoms with van der Waals surface area (Å²) < 4.78 is 0. The van der Waals surface area contributed by atoms with Crippen LogP contribution in [-0.2, 0) is 0 Å². The smallest absolute Gasteiger partial charge is 0.00698 e. The summed E-state index contributed by atoms with van der Waals surface area (Å²) >= 11 is 0. The van der Waals surface area contributed by atoms with Crippen LogP contribution in [0.2, 0.25) is 0 Å². The van der Waals surface area contributed by atoms with Gasteiger partial charge in [-0.2, -0.15) is 0 Å². The highest BCUT2D eigenvalue weighted by Gasteiger charge is 2.23. The Morgan fingerprint density at radius 2 is 1.44 bits per heavy atom. The Morgan fingerprint density at radius 3 is 2.11 bits per heavy atom. The first-order valence-electron chi connectivity index (χ1n) is 8.55. The van der Waals surface area contributed by atoms with E-state index in [1.54, 1.807) is 0 Å². The van der Waals surface area contributed by atoms with E-state index in [-0.39, 0.29) is 0 Å². The molecule has 2 rings (SSSR count). The predicted octanol–water partition coefficient (Wildman–Crippen LogP) is 4.76. The van der Waals surface area contributed by atoms with Gasteiger partial charge < -0.3 is 5.32 Å². The van der Waals surface area contributed by atoms with E-state index < -0.39 is 0 Å². The SMILES string of the molecule is CCC1CCC(CNC2CCCC(CC)C2)CC1. The van der Waals surface area contributed by atoms with Crippen molar-refractivity contribution < 1.29 is 0 Å². The molecule has 0 aromatic carbocycles. The largest absolute Gasteiger partial charge is 0.314 e. The van der Waals surface area contributed by atoms with E-state index in [4.69, 9.17) is 0 Å². The number of nitrogens with one attached hydrogen (secondary N) is 1. The van der Waals surface area contributed by atoms with Gasteiger partial charge >= 0.3 is 0 Å². The normalized spacial score (nSPS) is 37.7. The molecule has 18 heavy (non-hydrogen) atoms. The van der Waals surface area contributed by atoms with Crippen LogP contribution in [0.1, 0.15) is 78.1 Å². The van der Waals surface area contributed by atoms with Crippen molar-refractivity contribution in [1.82, 2.24) is 5.32 Å². The molecule has 1 heteroatoms. The highest BCUT2D eigenvalue weighted by Crippen LogP contribution is 2.31. The molecular formula is C17H33N. The fourth-order valence-electron chi connectivity index (χ4n) is 4.02. The second-order valence-corrected chi connectivity index (χ2v) is 6.84. The van der Waals surface area contributed by atoms with Crippen molar-refractivity contribution >= 4 is 0 Å². The molecule has 2 saturated carbocycles. The molecule has 2 unspecified atom stereocenters. The molecule has 1 N–H and O–H groups in total. The molecule has 0 saturated heterocycles. The summed E-state index contributed by atoms with van der Waals surface area (Å²) in [5.74, 6) is 3.03. The molecule has 2 aliphatic carbocycles. The molecule has 0 radical (unpaired) electrons. The van der Waals surface area contributed by atoms with Gasteiger partial charge in [0, 0.05) is 6.04 Å². The lowest BCUT2D eigenvalue weighted by molar-refractivity contribution is 0.231. The molecule has 1 nitrogen and oxygen atoms in total. The van der Waals surface area contributed by atoms with Gasteiger partial charge in [0.05, 0.1) is 0 Å². The van der Waals surface area contributed by atoms with Crippen molar-refractivity contribution in [1.29, 1.82) is 0 Å². The van der Waals surface area contributed by atoms with Crippen molar-refractivity contribution in [3.63, 3.8) is 0 Å². The minimum Gasteiger partial charge on any atom is -0.314 e. The predicted molar refractivity (Wildman–Crippen MR) is 79.8 cm³/mol. The molecular weight excluding hydrogens is 218 g/mol. The van der Waals surface area contributed by atoms with Crippen molar-refractivity contribution in [3.8, 4) is 0 Å². The zero-order valence-corrected chi connectivity index (χ0v) is 12.6. The van der Waals surface area contributed by atoms with Crippen LogP contribution >= 0.6 is 0 Å². The molecule has 106 valence electrons. The van der Waals surface area contributed by atoms with E-state index in [0.29, 0.717) is 0 Å². The van der Waals surface area contributed by atoms with Crippen LogP contribution in [0.4, 0.5) is 0 Å². The van der Waals surface area contributed by atoms with Gasteiger partial charge in [0.1, 0.15) is 0 Å². The molecule has 2 atom stereocenters. The second kappa shape index (κ2) is 7.53. The number of hydrogen-bond donors (Lipinski definition) is 1. The van der Waals surface area contributed by atoms with Crippen molar-refractivity contribution in [2.75, 3.05) is 6.54 Å². The topological polar surface area (TPSA) is 12.0 Å². The van der Waals surface area contributed by atoms with Gasteiger partial charge in [-0.05, 0) is 50.0 Å². The number of hydrogen-bond acceptors (Lipinski definition) is 1. The molecule has 2 aliphatic rings. The van der Waals surface area contributed by atoms with Crippen molar-refractivity contribution in [2.24, 2.45) is 17.8 Å². The van der Waals surface area contributed by atoms with Gasteiger partial charge in [-0.15, -0.1) is 0 Å². The standard InChI is InChI=1S/C17H33N/c1-3-14-8-10-16(11-9-14)13-18-17-7-5-6-15(4-2)12-17/h14-18H,3-13H2,1-2H3. The highest BCUT2D eigenvalue weighted by molar-refractivity contribution is 4.80. The average molecular weight is 251 g/mol. The zero-order valence-electron chi connectivity index (χ0n) is 12.6. The zero-order chi connectivity index (χ0) is 12.8.